The first kappa shape index (κ1) is 20.5. The van der Waals surface area contributed by atoms with Gasteiger partial charge in [0.05, 0.1) is 20.3 Å². The predicted molar refractivity (Wildman–Crippen MR) is 124 cm³/mol. The number of aromatic nitrogens is 1. The minimum Gasteiger partial charge on any atom is -0.494 e. The van der Waals surface area contributed by atoms with E-state index in [2.05, 4.69) is 44.8 Å². The van der Waals surface area contributed by atoms with Crippen LogP contribution in [-0.4, -0.2) is 48.4 Å². The van der Waals surface area contributed by atoms with Crippen LogP contribution in [0.25, 0.3) is 10.9 Å². The van der Waals surface area contributed by atoms with Gasteiger partial charge in [-0.25, -0.2) is 0 Å². The molecule has 1 aliphatic heterocycles. The van der Waals surface area contributed by atoms with E-state index in [0.717, 1.165) is 55.2 Å². The van der Waals surface area contributed by atoms with Crippen LogP contribution in [0.5, 0.6) is 5.75 Å². The molecule has 30 heavy (non-hydrogen) atoms. The molecule has 0 saturated carbocycles. The van der Waals surface area contributed by atoms with E-state index in [1.165, 1.54) is 11.1 Å². The number of ether oxygens (including phenoxy) is 2. The van der Waals surface area contributed by atoms with Crippen LogP contribution >= 0.6 is 12.2 Å². The van der Waals surface area contributed by atoms with Gasteiger partial charge in [-0.2, -0.15) is 0 Å². The molecule has 2 heterocycles. The Morgan fingerprint density at radius 3 is 2.70 bits per heavy atom. The van der Waals surface area contributed by atoms with Crippen LogP contribution < -0.4 is 15.4 Å². The second-order valence-electron chi connectivity index (χ2n) is 7.18. The lowest BCUT2D eigenvalue weighted by Gasteiger charge is -2.27. The molecule has 0 radical (unpaired) electrons. The third-order valence-electron chi connectivity index (χ3n) is 5.26. The van der Waals surface area contributed by atoms with Crippen LogP contribution in [0, 0.1) is 0 Å². The van der Waals surface area contributed by atoms with Crippen LogP contribution in [-0.2, 0) is 17.8 Å². The highest BCUT2D eigenvalue weighted by Gasteiger charge is 2.13. The highest BCUT2D eigenvalue weighted by molar-refractivity contribution is 7.80. The summed E-state index contributed by atoms with van der Waals surface area (Å²) in [5, 5.41) is 8.19. The number of nitrogens with zero attached hydrogens (tertiary/aromatic N) is 2. The van der Waals surface area contributed by atoms with Crippen molar-refractivity contribution < 1.29 is 9.47 Å². The smallest absolute Gasteiger partial charge is 0.171 e. The highest BCUT2D eigenvalue weighted by atomic mass is 32.1. The van der Waals surface area contributed by atoms with E-state index in [9.17, 15) is 0 Å². The lowest BCUT2D eigenvalue weighted by molar-refractivity contribution is 0.0341. The molecule has 0 unspecified atom stereocenters. The normalized spacial score (nSPS) is 14.4. The quantitative estimate of drug-likeness (QED) is 0.589. The summed E-state index contributed by atoms with van der Waals surface area (Å²) < 4.78 is 10.9. The zero-order valence-electron chi connectivity index (χ0n) is 17.1. The Hall–Kier alpha value is -2.74. The number of rotatable bonds is 6. The van der Waals surface area contributed by atoms with Gasteiger partial charge >= 0.3 is 0 Å². The summed E-state index contributed by atoms with van der Waals surface area (Å²) in [4.78, 5) is 6.86. The van der Waals surface area contributed by atoms with Crippen molar-refractivity contribution in [1.29, 1.82) is 0 Å². The molecule has 1 aromatic heterocycles. The molecule has 0 spiro atoms. The maximum Gasteiger partial charge on any atom is 0.171 e. The Labute approximate surface area is 182 Å². The van der Waals surface area contributed by atoms with Crippen molar-refractivity contribution in [2.75, 3.05) is 38.7 Å². The first-order valence-corrected chi connectivity index (χ1v) is 10.5. The van der Waals surface area contributed by atoms with Crippen molar-refractivity contribution in [2.24, 2.45) is 0 Å². The van der Waals surface area contributed by atoms with E-state index < -0.39 is 0 Å². The van der Waals surface area contributed by atoms with Gasteiger partial charge < -0.3 is 20.1 Å². The summed E-state index contributed by atoms with van der Waals surface area (Å²) in [7, 11) is 1.65. The van der Waals surface area contributed by atoms with Gasteiger partial charge in [-0.1, -0.05) is 24.3 Å². The average Bonchev–Trinajstić information content (AvgIpc) is 2.79. The van der Waals surface area contributed by atoms with Gasteiger partial charge in [-0.15, -0.1) is 0 Å². The Morgan fingerprint density at radius 1 is 1.10 bits per heavy atom. The van der Waals surface area contributed by atoms with Gasteiger partial charge in [0.15, 0.2) is 5.11 Å². The van der Waals surface area contributed by atoms with E-state index in [1.807, 2.05) is 24.3 Å². The Balaban J connectivity index is 1.42. The van der Waals surface area contributed by atoms with Crippen LogP contribution in [0.15, 0.2) is 54.7 Å². The molecule has 0 amide bonds. The summed E-state index contributed by atoms with van der Waals surface area (Å²) in [6.45, 7) is 5.15. The monoisotopic (exact) mass is 422 g/mol. The first-order valence-electron chi connectivity index (χ1n) is 10.1. The maximum absolute atomic E-state index is 5.56. The van der Waals surface area contributed by atoms with Gasteiger partial charge in [0.2, 0.25) is 0 Å². The van der Waals surface area contributed by atoms with Gasteiger partial charge in [0.25, 0.3) is 0 Å². The molecule has 7 heteroatoms. The number of pyridine rings is 1. The molecular weight excluding hydrogens is 396 g/mol. The molecule has 156 valence electrons. The molecular formula is C23H26N4O2S. The first-order chi connectivity index (χ1) is 14.7. The molecule has 1 saturated heterocycles. The van der Waals surface area contributed by atoms with Crippen LogP contribution in [0.4, 0.5) is 5.69 Å². The topological polar surface area (TPSA) is 58.7 Å². The third-order valence-corrected chi connectivity index (χ3v) is 5.50. The summed E-state index contributed by atoms with van der Waals surface area (Å²) in [5.41, 5.74) is 4.27. The average molecular weight is 423 g/mol. The second-order valence-corrected chi connectivity index (χ2v) is 7.59. The van der Waals surface area contributed by atoms with E-state index in [1.54, 1.807) is 13.3 Å². The number of thiocarbonyl (C=S) groups is 1. The number of hydrogen-bond acceptors (Lipinski definition) is 5. The zero-order chi connectivity index (χ0) is 20.8. The molecule has 4 rings (SSSR count). The summed E-state index contributed by atoms with van der Waals surface area (Å²) in [6.07, 6.45) is 1.76. The van der Waals surface area contributed by atoms with Crippen LogP contribution in [0.2, 0.25) is 0 Å². The van der Waals surface area contributed by atoms with Gasteiger partial charge in [-0.05, 0) is 47.6 Å². The number of methoxy groups -OCH3 is 1. The lowest BCUT2D eigenvalue weighted by Crippen LogP contribution is -2.36. The number of benzene rings is 2. The fourth-order valence-corrected chi connectivity index (χ4v) is 3.83. The van der Waals surface area contributed by atoms with Gasteiger partial charge in [0, 0.05) is 43.4 Å². The molecule has 2 N–H and O–H groups in total. The summed E-state index contributed by atoms with van der Waals surface area (Å²) in [6, 6.07) is 16.3. The minimum absolute atomic E-state index is 0.575. The van der Waals surface area contributed by atoms with Crippen LogP contribution in [0.1, 0.15) is 11.1 Å². The molecule has 0 aliphatic carbocycles. The Bertz CT molecular complexity index is 1020. The lowest BCUT2D eigenvalue weighted by atomic mass is 10.1. The van der Waals surface area contributed by atoms with E-state index in [0.29, 0.717) is 11.7 Å². The number of anilines is 1. The van der Waals surface area contributed by atoms with Crippen LogP contribution in [0.3, 0.4) is 0 Å². The standard InChI is InChI=1S/C23H26N4O2S/c1-28-21-9-8-20(19-7-4-10-24-22(19)21)26-23(30)25-15-17-5-2-3-6-18(17)16-27-11-13-29-14-12-27/h2-10H,11-16H2,1H3,(H2,25,26,30). The van der Waals surface area contributed by atoms with Crippen molar-refractivity contribution in [3.63, 3.8) is 0 Å². The fraction of sp³-hybridized carbons (Fsp3) is 0.304. The number of fused-ring (bicyclic) bond motifs is 1. The minimum atomic E-state index is 0.575. The molecule has 0 atom stereocenters. The van der Waals surface area contributed by atoms with Crippen molar-refractivity contribution >= 4 is 33.9 Å². The van der Waals surface area contributed by atoms with Gasteiger partial charge in [-0.3, -0.25) is 9.88 Å². The largest absolute Gasteiger partial charge is 0.494 e. The van der Waals surface area contributed by atoms with E-state index >= 15 is 0 Å². The molecule has 2 aromatic carbocycles. The number of morpholine rings is 1. The second kappa shape index (κ2) is 9.84. The Kier molecular flexibility index (Phi) is 6.74. The van der Waals surface area contributed by atoms with E-state index in [-0.39, 0.29) is 0 Å². The summed E-state index contributed by atoms with van der Waals surface area (Å²) >= 11 is 5.56. The van der Waals surface area contributed by atoms with Gasteiger partial charge in [0.1, 0.15) is 11.3 Å². The molecule has 0 bridgehead atoms. The zero-order valence-corrected chi connectivity index (χ0v) is 17.9. The van der Waals surface area contributed by atoms with Crippen molar-refractivity contribution in [3.05, 3.63) is 65.9 Å². The maximum atomic E-state index is 5.56. The number of nitrogens with one attached hydrogen (secondary N) is 2. The van der Waals surface area contributed by atoms with Crippen molar-refractivity contribution in [2.45, 2.75) is 13.1 Å². The molecule has 6 nitrogen and oxygen atoms in total. The molecule has 1 fully saturated rings. The van der Waals surface area contributed by atoms with Crippen molar-refractivity contribution in [3.8, 4) is 5.75 Å². The molecule has 3 aromatic rings. The summed E-state index contributed by atoms with van der Waals surface area (Å²) in [5.74, 6) is 0.743. The van der Waals surface area contributed by atoms with E-state index in [4.69, 9.17) is 21.7 Å². The SMILES string of the molecule is COc1ccc(NC(=S)NCc2ccccc2CN2CCOCC2)c2cccnc12. The molecule has 1 aliphatic rings. The fourth-order valence-electron chi connectivity index (χ4n) is 3.65. The highest BCUT2D eigenvalue weighted by Crippen LogP contribution is 2.29. The predicted octanol–water partition coefficient (Wildman–Crippen LogP) is 3.56. The Morgan fingerprint density at radius 2 is 1.90 bits per heavy atom. The third kappa shape index (κ3) is 4.87. The number of hydrogen-bond donors (Lipinski definition) is 2. The van der Waals surface area contributed by atoms with Crippen molar-refractivity contribution in [1.82, 2.24) is 15.2 Å².